The Bertz CT molecular complexity index is 436. The molecule has 0 aliphatic heterocycles. The van der Waals surface area contributed by atoms with Crippen LogP contribution in [0.5, 0.6) is 0 Å². The Morgan fingerprint density at radius 1 is 1.06 bits per heavy atom. The monoisotopic (exact) mass is 253 g/mol. The van der Waals surface area contributed by atoms with Crippen molar-refractivity contribution in [1.29, 1.82) is 0 Å². The van der Waals surface area contributed by atoms with Crippen LogP contribution in [0.4, 0.5) is 0 Å². The van der Waals surface area contributed by atoms with Crippen molar-refractivity contribution < 1.29 is 8.42 Å². The number of hydrogen-bond acceptors (Lipinski definition) is 3. The molecule has 94 valence electrons. The molecular formula is C13H19NO2S. The smallest absolute Gasteiger partial charge is 0.191 e. The van der Waals surface area contributed by atoms with Gasteiger partial charge in [0, 0.05) is 6.04 Å². The lowest BCUT2D eigenvalue weighted by molar-refractivity contribution is 0.387. The molecule has 0 amide bonds. The van der Waals surface area contributed by atoms with Crippen molar-refractivity contribution in [3.63, 3.8) is 0 Å². The van der Waals surface area contributed by atoms with Gasteiger partial charge in [0.2, 0.25) is 0 Å². The number of hydrogen-bond donors (Lipinski definition) is 1. The Morgan fingerprint density at radius 3 is 2.35 bits per heavy atom. The highest BCUT2D eigenvalue weighted by atomic mass is 32.2. The van der Waals surface area contributed by atoms with Crippen LogP contribution in [-0.4, -0.2) is 20.3 Å². The van der Waals surface area contributed by atoms with Crippen molar-refractivity contribution in [2.75, 3.05) is 5.88 Å². The molecule has 0 heterocycles. The van der Waals surface area contributed by atoms with Crippen LogP contribution in [0.25, 0.3) is 0 Å². The van der Waals surface area contributed by atoms with Gasteiger partial charge in [0.15, 0.2) is 9.84 Å². The van der Waals surface area contributed by atoms with E-state index in [4.69, 9.17) is 0 Å². The van der Waals surface area contributed by atoms with Crippen molar-refractivity contribution in [2.24, 2.45) is 0 Å². The van der Waals surface area contributed by atoms with Crippen molar-refractivity contribution >= 4 is 9.84 Å². The molecule has 1 aliphatic carbocycles. The third-order valence-electron chi connectivity index (χ3n) is 3.27. The van der Waals surface area contributed by atoms with E-state index in [9.17, 15) is 8.42 Å². The van der Waals surface area contributed by atoms with Crippen molar-refractivity contribution in [3.8, 4) is 0 Å². The Hall–Kier alpha value is -0.870. The van der Waals surface area contributed by atoms with E-state index in [1.54, 1.807) is 24.3 Å². The molecule has 0 aromatic heterocycles. The van der Waals surface area contributed by atoms with Crippen molar-refractivity contribution in [2.45, 2.75) is 43.0 Å². The first-order valence-corrected chi connectivity index (χ1v) is 7.85. The number of benzene rings is 1. The maximum atomic E-state index is 12.0. The van der Waals surface area contributed by atoms with Crippen molar-refractivity contribution in [3.05, 3.63) is 30.3 Å². The molecule has 0 spiro atoms. The van der Waals surface area contributed by atoms with E-state index < -0.39 is 9.84 Å². The molecule has 1 saturated carbocycles. The third-order valence-corrected chi connectivity index (χ3v) is 4.81. The normalized spacial score (nSPS) is 18.1. The van der Waals surface area contributed by atoms with Gasteiger partial charge in [-0.15, -0.1) is 0 Å². The van der Waals surface area contributed by atoms with E-state index in [2.05, 4.69) is 5.32 Å². The Balaban J connectivity index is 1.94. The van der Waals surface area contributed by atoms with E-state index in [1.807, 2.05) is 6.07 Å². The zero-order chi connectivity index (χ0) is 12.1. The molecule has 1 N–H and O–H groups in total. The largest absolute Gasteiger partial charge is 0.301 e. The van der Waals surface area contributed by atoms with Crippen LogP contribution in [0.15, 0.2) is 35.2 Å². The molecule has 1 aliphatic rings. The molecule has 0 radical (unpaired) electrons. The Kier molecular flexibility index (Phi) is 4.18. The Morgan fingerprint density at radius 2 is 1.71 bits per heavy atom. The third kappa shape index (κ3) is 3.54. The van der Waals surface area contributed by atoms with Crippen LogP contribution in [0.2, 0.25) is 0 Å². The lowest BCUT2D eigenvalue weighted by Crippen LogP contribution is -2.35. The summed E-state index contributed by atoms with van der Waals surface area (Å²) in [6.07, 6.45) is 5.91. The van der Waals surface area contributed by atoms with Gasteiger partial charge in [-0.25, -0.2) is 8.42 Å². The molecule has 1 aromatic rings. The van der Waals surface area contributed by atoms with Gasteiger partial charge >= 0.3 is 0 Å². The second-order valence-electron chi connectivity index (χ2n) is 4.61. The maximum absolute atomic E-state index is 12.0. The number of nitrogens with one attached hydrogen (secondary N) is 1. The first-order chi connectivity index (χ1) is 8.18. The van der Waals surface area contributed by atoms with Gasteiger partial charge in [-0.1, -0.05) is 37.5 Å². The molecule has 3 nitrogen and oxygen atoms in total. The first kappa shape index (κ1) is 12.6. The standard InChI is InChI=1S/C13H19NO2S/c15-17(16,13-9-5-2-6-10-13)11-14-12-7-3-1-4-8-12/h2,5-6,9-10,12,14H,1,3-4,7-8,11H2. The van der Waals surface area contributed by atoms with E-state index in [-0.39, 0.29) is 5.88 Å². The van der Waals surface area contributed by atoms with Crippen LogP contribution in [0.1, 0.15) is 32.1 Å². The zero-order valence-electron chi connectivity index (χ0n) is 9.93. The van der Waals surface area contributed by atoms with E-state index in [1.165, 1.54) is 19.3 Å². The summed E-state index contributed by atoms with van der Waals surface area (Å²) in [4.78, 5) is 0.406. The molecular weight excluding hydrogens is 234 g/mol. The number of rotatable bonds is 4. The minimum atomic E-state index is -3.17. The quantitative estimate of drug-likeness (QED) is 0.896. The summed E-state index contributed by atoms with van der Waals surface area (Å²) < 4.78 is 24.0. The van der Waals surface area contributed by atoms with Crippen LogP contribution < -0.4 is 5.32 Å². The predicted octanol–water partition coefficient (Wildman–Crippen LogP) is 2.34. The molecule has 4 heteroatoms. The average molecular weight is 253 g/mol. The average Bonchev–Trinajstić information content (AvgIpc) is 2.39. The molecule has 0 bridgehead atoms. The van der Waals surface area contributed by atoms with Crippen LogP contribution in [0, 0.1) is 0 Å². The fraction of sp³-hybridized carbons (Fsp3) is 0.538. The summed E-state index contributed by atoms with van der Waals surface area (Å²) in [6, 6.07) is 9.02. The van der Waals surface area contributed by atoms with E-state index in [0.29, 0.717) is 10.9 Å². The first-order valence-electron chi connectivity index (χ1n) is 6.20. The van der Waals surface area contributed by atoms with Gasteiger partial charge in [0.25, 0.3) is 0 Å². The van der Waals surface area contributed by atoms with Gasteiger partial charge in [-0.05, 0) is 25.0 Å². The van der Waals surface area contributed by atoms with Crippen LogP contribution >= 0.6 is 0 Å². The summed E-state index contributed by atoms with van der Waals surface area (Å²) in [5.74, 6) is 0.0572. The fourth-order valence-corrected chi connectivity index (χ4v) is 3.44. The van der Waals surface area contributed by atoms with Crippen LogP contribution in [-0.2, 0) is 9.84 Å². The summed E-state index contributed by atoms with van der Waals surface area (Å²) in [5, 5.41) is 3.17. The molecule has 17 heavy (non-hydrogen) atoms. The van der Waals surface area contributed by atoms with E-state index >= 15 is 0 Å². The maximum Gasteiger partial charge on any atom is 0.191 e. The SMILES string of the molecule is O=S(=O)(CNC1CCCCC1)c1ccccc1. The minimum Gasteiger partial charge on any atom is -0.301 e. The highest BCUT2D eigenvalue weighted by Crippen LogP contribution is 2.18. The molecule has 2 rings (SSSR count). The van der Waals surface area contributed by atoms with Gasteiger partial charge in [0.05, 0.1) is 4.90 Å². The van der Waals surface area contributed by atoms with E-state index in [0.717, 1.165) is 12.8 Å². The lowest BCUT2D eigenvalue weighted by Gasteiger charge is -2.22. The van der Waals surface area contributed by atoms with Gasteiger partial charge in [-0.3, -0.25) is 0 Å². The highest BCUT2D eigenvalue weighted by molar-refractivity contribution is 7.91. The summed E-state index contributed by atoms with van der Waals surface area (Å²) in [7, 11) is -3.17. The zero-order valence-corrected chi connectivity index (χ0v) is 10.7. The molecule has 0 atom stereocenters. The second-order valence-corrected chi connectivity index (χ2v) is 6.60. The fourth-order valence-electron chi connectivity index (χ4n) is 2.25. The summed E-state index contributed by atoms with van der Waals surface area (Å²) >= 11 is 0. The summed E-state index contributed by atoms with van der Waals surface area (Å²) in [6.45, 7) is 0. The molecule has 1 fully saturated rings. The minimum absolute atomic E-state index is 0.0572. The summed E-state index contributed by atoms with van der Waals surface area (Å²) in [5.41, 5.74) is 0. The second kappa shape index (κ2) is 5.65. The highest BCUT2D eigenvalue weighted by Gasteiger charge is 2.18. The molecule has 0 unspecified atom stereocenters. The Labute approximate surface area is 103 Å². The lowest BCUT2D eigenvalue weighted by atomic mass is 9.96. The van der Waals surface area contributed by atoms with Crippen LogP contribution in [0.3, 0.4) is 0 Å². The van der Waals surface area contributed by atoms with Crippen molar-refractivity contribution in [1.82, 2.24) is 5.32 Å². The number of sulfone groups is 1. The topological polar surface area (TPSA) is 46.2 Å². The molecule has 1 aromatic carbocycles. The predicted molar refractivity (Wildman–Crippen MR) is 68.5 cm³/mol. The van der Waals surface area contributed by atoms with Gasteiger partial charge < -0.3 is 5.32 Å². The van der Waals surface area contributed by atoms with Gasteiger partial charge in [0.1, 0.15) is 5.88 Å². The molecule has 0 saturated heterocycles. The van der Waals surface area contributed by atoms with Gasteiger partial charge in [-0.2, -0.15) is 0 Å².